The lowest BCUT2D eigenvalue weighted by Gasteiger charge is -2.43. The Hall–Kier alpha value is -4.70. The first-order valence-corrected chi connectivity index (χ1v) is 26.9. The molecule has 0 radical (unpaired) electrons. The summed E-state index contributed by atoms with van der Waals surface area (Å²) >= 11 is 0. The van der Waals surface area contributed by atoms with E-state index in [-0.39, 0.29) is 17.6 Å². The van der Waals surface area contributed by atoms with Crippen molar-refractivity contribution in [1.29, 1.82) is 0 Å². The van der Waals surface area contributed by atoms with E-state index in [2.05, 4.69) is 47.0 Å². The molecule has 19 heteroatoms. The van der Waals surface area contributed by atoms with Crippen LogP contribution in [0.2, 0.25) is 0 Å². The van der Waals surface area contributed by atoms with Gasteiger partial charge in [0, 0.05) is 99.6 Å². The SMILES string of the molecule is CCc1nc(C(N)=O)c(Nc2ccc(N3CCC(N4CCN(CCCCCCCCCCCC(=O)Nc5cccc6c5C(O)N(C5CCC(O)NC5O)C6O)CC4)CC3)c(OC)c2)nc1NC1CCOCC1. The van der Waals surface area contributed by atoms with E-state index in [1.165, 1.54) is 50.0 Å². The molecule has 19 nitrogen and oxygen atoms in total. The highest BCUT2D eigenvalue weighted by Crippen LogP contribution is 2.46. The molecule has 72 heavy (non-hydrogen) atoms. The lowest BCUT2D eigenvalue weighted by Crippen LogP contribution is -2.57. The molecule has 6 heterocycles. The zero-order valence-corrected chi connectivity index (χ0v) is 42.6. The minimum atomic E-state index is -1.20. The molecule has 0 aliphatic carbocycles. The third-order valence-corrected chi connectivity index (χ3v) is 15.5. The summed E-state index contributed by atoms with van der Waals surface area (Å²) in [6.07, 6.45) is 11.7. The summed E-state index contributed by atoms with van der Waals surface area (Å²) in [5.41, 5.74) is 9.82. The van der Waals surface area contributed by atoms with Crippen LogP contribution in [0.3, 0.4) is 0 Å². The number of hydrogen-bond donors (Lipinski definition) is 9. The van der Waals surface area contributed by atoms with E-state index in [1.54, 1.807) is 25.3 Å². The van der Waals surface area contributed by atoms with Crippen molar-refractivity contribution in [2.75, 3.05) is 87.0 Å². The van der Waals surface area contributed by atoms with E-state index in [4.69, 9.17) is 20.2 Å². The Morgan fingerprint density at radius 1 is 0.819 bits per heavy atom. The molecule has 0 spiro atoms. The molecule has 0 bridgehead atoms. The number of methoxy groups -OCH3 is 1. The maximum absolute atomic E-state index is 12.9. The Morgan fingerprint density at radius 3 is 2.21 bits per heavy atom. The second kappa shape index (κ2) is 26.0. The maximum Gasteiger partial charge on any atom is 0.271 e. The summed E-state index contributed by atoms with van der Waals surface area (Å²) in [6.45, 7) is 11.0. The van der Waals surface area contributed by atoms with Gasteiger partial charge in [-0.1, -0.05) is 64.0 Å². The number of aliphatic hydroxyl groups excluding tert-OH is 4. The van der Waals surface area contributed by atoms with Gasteiger partial charge in [0.1, 0.15) is 30.7 Å². The molecular formula is C53H81N11O8. The number of aliphatic hydroxyl groups is 4. The zero-order chi connectivity index (χ0) is 50.6. The van der Waals surface area contributed by atoms with Gasteiger partial charge in [-0.15, -0.1) is 0 Å². The maximum atomic E-state index is 12.9. The third kappa shape index (κ3) is 13.5. The van der Waals surface area contributed by atoms with Gasteiger partial charge < -0.3 is 61.4 Å². The van der Waals surface area contributed by atoms with Gasteiger partial charge in [0.25, 0.3) is 5.91 Å². The Kier molecular flexibility index (Phi) is 19.3. The van der Waals surface area contributed by atoms with Gasteiger partial charge in [-0.2, -0.15) is 0 Å². The van der Waals surface area contributed by atoms with Crippen LogP contribution < -0.4 is 36.6 Å². The van der Waals surface area contributed by atoms with E-state index in [0.717, 1.165) is 101 Å². The fraction of sp³-hybridized carbons (Fsp3) is 0.660. The van der Waals surface area contributed by atoms with Crippen LogP contribution in [0.5, 0.6) is 5.75 Å². The number of aromatic nitrogens is 2. The Labute approximate surface area is 425 Å². The van der Waals surface area contributed by atoms with Crippen molar-refractivity contribution in [2.45, 2.75) is 159 Å². The monoisotopic (exact) mass is 1000 g/mol. The standard InChI is InChI=1S/C53H81N11O8/c1-3-39-49(55-35-23-32-72-33-24-35)60-50(47(58-39)48(54)67)56-36-17-18-41(43(34-36)71-2)63-26-21-37(22-27-63)62-30-28-61(29-31-62)25-12-10-8-6-4-5-7-9-11-16-44(65)57-40-15-13-14-38-46(40)53(70)64(52(38)69)42-19-20-45(66)59-51(42)68/h13-15,17-18,34-35,37,42,45,51-53,59,66,68-70H,3-12,16,19-33H2,1-2H3,(H2,54,67)(H,57,65)(H2,55,56,60). The normalized spacial score (nSPS) is 23.8. The lowest BCUT2D eigenvalue weighted by molar-refractivity contribution is -0.158. The van der Waals surface area contributed by atoms with Gasteiger partial charge >= 0.3 is 0 Å². The van der Waals surface area contributed by atoms with E-state index >= 15 is 0 Å². The molecule has 2 aromatic carbocycles. The predicted octanol–water partition coefficient (Wildman–Crippen LogP) is 5.29. The zero-order valence-electron chi connectivity index (χ0n) is 42.6. The Morgan fingerprint density at radius 2 is 1.53 bits per heavy atom. The van der Waals surface area contributed by atoms with Gasteiger partial charge in [-0.05, 0) is 82.5 Å². The summed E-state index contributed by atoms with van der Waals surface area (Å²) in [6, 6.07) is 11.4. The predicted molar refractivity (Wildman–Crippen MR) is 278 cm³/mol. The molecule has 1 aromatic heterocycles. The molecule has 5 atom stereocenters. The molecule has 4 fully saturated rings. The number of piperazine rings is 1. The van der Waals surface area contributed by atoms with Gasteiger partial charge in [0.05, 0.1) is 24.5 Å². The van der Waals surface area contributed by atoms with Crippen LogP contribution in [0, 0.1) is 0 Å². The molecule has 5 aliphatic rings. The fourth-order valence-corrected chi connectivity index (χ4v) is 11.4. The molecule has 5 unspecified atom stereocenters. The number of nitrogens with zero attached hydrogens (tertiary/aromatic N) is 6. The largest absolute Gasteiger partial charge is 0.495 e. The van der Waals surface area contributed by atoms with Gasteiger partial charge in [0.2, 0.25) is 5.91 Å². The minimum absolute atomic E-state index is 0.111. The summed E-state index contributed by atoms with van der Waals surface area (Å²) < 4.78 is 11.4. The highest BCUT2D eigenvalue weighted by atomic mass is 16.5. The number of carbonyl (C=O) groups excluding carboxylic acids is 2. The number of aryl methyl sites for hydroxylation is 1. The number of piperidine rings is 2. The number of carbonyl (C=O) groups is 2. The van der Waals surface area contributed by atoms with Crippen LogP contribution in [-0.4, -0.2) is 154 Å². The van der Waals surface area contributed by atoms with Crippen molar-refractivity contribution >= 4 is 40.5 Å². The number of hydrogen-bond acceptors (Lipinski definition) is 17. The second-order valence-corrected chi connectivity index (χ2v) is 20.3. The molecule has 0 saturated carbocycles. The van der Waals surface area contributed by atoms with Crippen LogP contribution in [0.4, 0.5) is 28.7 Å². The quantitative estimate of drug-likeness (QED) is 0.0548. The number of anilines is 5. The van der Waals surface area contributed by atoms with Crippen molar-refractivity contribution in [2.24, 2.45) is 5.73 Å². The summed E-state index contributed by atoms with van der Waals surface area (Å²) in [4.78, 5) is 44.1. The first-order chi connectivity index (χ1) is 35.0. The highest BCUT2D eigenvalue weighted by Gasteiger charge is 2.46. The van der Waals surface area contributed by atoms with Crippen molar-refractivity contribution < 1.29 is 39.5 Å². The topological polar surface area (TPSA) is 246 Å². The Balaban J connectivity index is 0.674. The summed E-state index contributed by atoms with van der Waals surface area (Å²) in [5.74, 6) is 0.982. The number of fused-ring (bicyclic) bond motifs is 1. The van der Waals surface area contributed by atoms with E-state index < -0.39 is 36.9 Å². The van der Waals surface area contributed by atoms with Crippen LogP contribution in [-0.2, 0) is 16.0 Å². The number of amides is 2. The summed E-state index contributed by atoms with van der Waals surface area (Å²) in [5, 5.41) is 55.1. The van der Waals surface area contributed by atoms with Gasteiger partial charge in [0.15, 0.2) is 17.3 Å². The number of rotatable bonds is 23. The van der Waals surface area contributed by atoms with E-state index in [9.17, 15) is 30.0 Å². The van der Waals surface area contributed by atoms with Crippen molar-refractivity contribution in [3.8, 4) is 5.75 Å². The molecule has 5 aliphatic heterocycles. The average molecular weight is 1000 g/mol. The fourth-order valence-electron chi connectivity index (χ4n) is 11.4. The number of unbranched alkanes of at least 4 members (excludes halogenated alkanes) is 8. The number of primary amides is 1. The first kappa shape index (κ1) is 53.6. The van der Waals surface area contributed by atoms with Crippen LogP contribution >= 0.6 is 0 Å². The van der Waals surface area contributed by atoms with Crippen LogP contribution in [0.25, 0.3) is 0 Å². The second-order valence-electron chi connectivity index (χ2n) is 20.3. The van der Waals surface area contributed by atoms with E-state index in [0.29, 0.717) is 79.1 Å². The molecule has 3 aromatic rings. The van der Waals surface area contributed by atoms with Gasteiger partial charge in [-0.25, -0.2) is 14.9 Å². The Bertz CT molecular complexity index is 2240. The number of nitrogens with one attached hydrogen (secondary N) is 4. The first-order valence-electron chi connectivity index (χ1n) is 26.9. The van der Waals surface area contributed by atoms with Crippen LogP contribution in [0.15, 0.2) is 36.4 Å². The minimum Gasteiger partial charge on any atom is -0.495 e. The number of benzene rings is 2. The molecule has 10 N–H and O–H groups in total. The van der Waals surface area contributed by atoms with Crippen molar-refractivity contribution in [3.05, 3.63) is 58.9 Å². The van der Waals surface area contributed by atoms with Gasteiger partial charge in [-0.3, -0.25) is 19.8 Å². The molecule has 2 amide bonds. The van der Waals surface area contributed by atoms with E-state index in [1.807, 2.05) is 19.1 Å². The molecular weight excluding hydrogens is 919 g/mol. The molecule has 396 valence electrons. The number of ether oxygens (including phenoxy) is 2. The molecule has 8 rings (SSSR count). The third-order valence-electron chi connectivity index (χ3n) is 15.5. The number of nitrogens with two attached hydrogens (primary N) is 1. The smallest absolute Gasteiger partial charge is 0.271 e. The summed E-state index contributed by atoms with van der Waals surface area (Å²) in [7, 11) is 1.69. The molecule has 4 saturated heterocycles. The lowest BCUT2D eigenvalue weighted by atomic mass is 10.0. The highest BCUT2D eigenvalue weighted by molar-refractivity contribution is 5.96. The average Bonchev–Trinajstić information content (AvgIpc) is 3.64. The van der Waals surface area contributed by atoms with Crippen molar-refractivity contribution in [3.63, 3.8) is 0 Å². The van der Waals surface area contributed by atoms with Crippen molar-refractivity contribution in [1.82, 2.24) is 30.0 Å². The van der Waals surface area contributed by atoms with Crippen LogP contribution in [0.1, 0.15) is 149 Å².